The van der Waals surface area contributed by atoms with E-state index < -0.39 is 135 Å². The van der Waals surface area contributed by atoms with E-state index in [0.717, 1.165) is 0 Å². The normalized spacial score (nSPS) is 22.7. The summed E-state index contributed by atoms with van der Waals surface area (Å²) in [6.07, 6.45) is -10.3. The monoisotopic (exact) mass is 634 g/mol. The Bertz CT molecular complexity index is 1730. The van der Waals surface area contributed by atoms with Gasteiger partial charge in [0, 0.05) is 12.1 Å². The highest BCUT2D eigenvalue weighted by molar-refractivity contribution is 6.03. The van der Waals surface area contributed by atoms with Crippen molar-refractivity contribution >= 4 is 17.9 Å². The number of fused-ring (bicyclic) bond motifs is 6. The number of hydrogen-bond donors (Lipinski definition) is 11. The van der Waals surface area contributed by atoms with Gasteiger partial charge in [0.15, 0.2) is 46.4 Å². The Hall–Kier alpha value is -5.85. The molecular formula is C27H22O18. The van der Waals surface area contributed by atoms with E-state index in [4.69, 9.17) is 18.9 Å². The maximum atomic E-state index is 13.4. The van der Waals surface area contributed by atoms with Crippen LogP contribution in [0, 0.1) is 0 Å². The molecule has 18 heteroatoms. The van der Waals surface area contributed by atoms with Crippen molar-refractivity contribution in [3.05, 3.63) is 41.0 Å². The number of benzene rings is 3. The molecule has 18 nitrogen and oxygen atoms in total. The van der Waals surface area contributed by atoms with Gasteiger partial charge < -0.3 is 75.1 Å². The Kier molecular flexibility index (Phi) is 7.49. The number of carbonyl (C=O) groups is 3. The lowest BCUT2D eigenvalue weighted by atomic mass is 9.94. The van der Waals surface area contributed by atoms with Crippen molar-refractivity contribution in [2.75, 3.05) is 6.61 Å². The number of rotatable bonds is 3. The number of hydrogen-bond acceptors (Lipinski definition) is 18. The zero-order valence-corrected chi connectivity index (χ0v) is 22.2. The van der Waals surface area contributed by atoms with Gasteiger partial charge in [-0.05, 0) is 12.1 Å². The maximum absolute atomic E-state index is 13.4. The van der Waals surface area contributed by atoms with E-state index in [1.165, 1.54) is 0 Å². The molecule has 2 heterocycles. The summed E-state index contributed by atoms with van der Waals surface area (Å²) in [6.45, 7) is -1.02. The van der Waals surface area contributed by atoms with Gasteiger partial charge in [-0.1, -0.05) is 0 Å². The average Bonchev–Trinajstić information content (AvgIpc) is 2.99. The van der Waals surface area contributed by atoms with Crippen LogP contribution in [0.2, 0.25) is 0 Å². The van der Waals surface area contributed by atoms with Crippen molar-refractivity contribution in [1.82, 2.24) is 0 Å². The summed E-state index contributed by atoms with van der Waals surface area (Å²) in [4.78, 5) is 39.6. The quantitative estimate of drug-likeness (QED) is 0.0762. The Morgan fingerprint density at radius 1 is 0.667 bits per heavy atom. The van der Waals surface area contributed by atoms with Crippen molar-refractivity contribution < 1.29 is 89.5 Å². The van der Waals surface area contributed by atoms with Crippen molar-refractivity contribution in [2.24, 2.45) is 0 Å². The molecule has 0 spiro atoms. The summed E-state index contributed by atoms with van der Waals surface area (Å²) < 4.78 is 21.1. The molecule has 1 fully saturated rings. The summed E-state index contributed by atoms with van der Waals surface area (Å²) >= 11 is 0. The van der Waals surface area contributed by atoms with Crippen LogP contribution in [-0.4, -0.2) is 111 Å². The average molecular weight is 634 g/mol. The molecule has 0 radical (unpaired) electrons. The molecule has 3 aromatic rings. The molecule has 238 valence electrons. The first-order chi connectivity index (χ1) is 21.2. The largest absolute Gasteiger partial charge is 0.506 e. The second-order valence-electron chi connectivity index (χ2n) is 9.76. The second kappa shape index (κ2) is 11.0. The van der Waals surface area contributed by atoms with Crippen molar-refractivity contribution in [3.8, 4) is 62.9 Å². The summed E-state index contributed by atoms with van der Waals surface area (Å²) in [6, 6.07) is 2.32. The molecule has 0 aromatic heterocycles. The SMILES string of the molecule is O=C(O[C@H]1OC(CO)[C@@H](O)[C@@H]2OC(=O)c3cc(O)c(O)c(c3O)-c3c(O)c(O)cc(c3O)C(=O)OC12)c1cc(O)c(O)c(O)c1. The summed E-state index contributed by atoms with van der Waals surface area (Å²) in [5.41, 5.74) is -4.63. The van der Waals surface area contributed by atoms with Crippen LogP contribution in [0.3, 0.4) is 0 Å². The Morgan fingerprint density at radius 3 is 1.58 bits per heavy atom. The van der Waals surface area contributed by atoms with Gasteiger partial charge in [-0.3, -0.25) is 0 Å². The van der Waals surface area contributed by atoms with Crippen molar-refractivity contribution in [3.63, 3.8) is 0 Å². The first-order valence-corrected chi connectivity index (χ1v) is 12.5. The van der Waals surface area contributed by atoms with Crippen LogP contribution in [0.4, 0.5) is 0 Å². The van der Waals surface area contributed by atoms with Gasteiger partial charge in [0.2, 0.25) is 12.4 Å². The van der Waals surface area contributed by atoms with Crippen LogP contribution in [0.1, 0.15) is 31.1 Å². The molecule has 11 N–H and O–H groups in total. The zero-order chi connectivity index (χ0) is 33.1. The van der Waals surface area contributed by atoms with Gasteiger partial charge in [-0.25, -0.2) is 14.4 Å². The third-order valence-electron chi connectivity index (χ3n) is 7.01. The molecule has 0 aliphatic carbocycles. The van der Waals surface area contributed by atoms with E-state index in [1.807, 2.05) is 0 Å². The topological polar surface area (TPSA) is 311 Å². The first-order valence-electron chi connectivity index (χ1n) is 12.5. The molecule has 3 aromatic carbocycles. The van der Waals surface area contributed by atoms with E-state index in [0.29, 0.717) is 24.3 Å². The zero-order valence-electron chi connectivity index (χ0n) is 22.2. The Balaban J connectivity index is 1.68. The number of phenolic OH excluding ortho intramolecular Hbond substituents is 9. The van der Waals surface area contributed by atoms with Crippen LogP contribution in [0.25, 0.3) is 11.1 Å². The van der Waals surface area contributed by atoms with Crippen LogP contribution < -0.4 is 0 Å². The van der Waals surface area contributed by atoms with Crippen LogP contribution in [0.15, 0.2) is 24.3 Å². The summed E-state index contributed by atoms with van der Waals surface area (Å²) in [5, 5.41) is 113. The lowest BCUT2D eigenvalue weighted by Gasteiger charge is -2.42. The second-order valence-corrected chi connectivity index (χ2v) is 9.76. The molecule has 2 aliphatic heterocycles. The predicted octanol–water partition coefficient (Wildman–Crippen LogP) is -0.297. The predicted molar refractivity (Wildman–Crippen MR) is 139 cm³/mol. The lowest BCUT2D eigenvalue weighted by molar-refractivity contribution is -0.283. The fraction of sp³-hybridized carbons (Fsp3) is 0.222. The lowest BCUT2D eigenvalue weighted by Crippen LogP contribution is -2.62. The summed E-state index contributed by atoms with van der Waals surface area (Å²) in [5.74, 6) is -14.8. The highest BCUT2D eigenvalue weighted by atomic mass is 16.7. The fourth-order valence-corrected chi connectivity index (χ4v) is 4.75. The number of phenols is 9. The summed E-state index contributed by atoms with van der Waals surface area (Å²) in [7, 11) is 0. The minimum atomic E-state index is -2.19. The molecule has 0 saturated carbocycles. The van der Waals surface area contributed by atoms with Gasteiger partial charge >= 0.3 is 17.9 Å². The minimum absolute atomic E-state index is 0.487. The molecule has 45 heavy (non-hydrogen) atoms. The van der Waals surface area contributed by atoms with Gasteiger partial charge in [0.05, 0.1) is 23.3 Å². The number of aliphatic hydroxyl groups is 2. The molecule has 0 amide bonds. The van der Waals surface area contributed by atoms with E-state index in [1.54, 1.807) is 0 Å². The standard InChI is InChI=1S/C27H22O18/c28-5-13-21(38)22-23(27(42-13)45-24(39)6-1-9(29)18(35)10(30)2-6)44-26(41)8-4-12(32)20(37)15(17(8)34)14-16(33)7(25(40)43-22)3-11(31)19(14)36/h1-4,13,21-23,27-38H,5H2/t13?,21-,22+,23?,27-/m1/s1. The fourth-order valence-electron chi connectivity index (χ4n) is 4.75. The number of ether oxygens (including phenoxy) is 4. The third-order valence-corrected chi connectivity index (χ3v) is 7.01. The minimum Gasteiger partial charge on any atom is -0.506 e. The molecule has 5 rings (SSSR count). The molecular weight excluding hydrogens is 612 g/mol. The number of aliphatic hydroxyl groups excluding tert-OH is 2. The van der Waals surface area contributed by atoms with Crippen molar-refractivity contribution in [1.29, 1.82) is 0 Å². The highest BCUT2D eigenvalue weighted by Gasteiger charge is 2.52. The van der Waals surface area contributed by atoms with Crippen molar-refractivity contribution in [2.45, 2.75) is 30.7 Å². The van der Waals surface area contributed by atoms with E-state index in [-0.39, 0.29) is 0 Å². The highest BCUT2D eigenvalue weighted by Crippen LogP contribution is 2.54. The molecule has 5 atom stereocenters. The van der Waals surface area contributed by atoms with E-state index >= 15 is 0 Å². The van der Waals surface area contributed by atoms with Gasteiger partial charge in [0.25, 0.3) is 0 Å². The van der Waals surface area contributed by atoms with Crippen LogP contribution >= 0.6 is 0 Å². The van der Waals surface area contributed by atoms with Gasteiger partial charge in [-0.2, -0.15) is 0 Å². The van der Waals surface area contributed by atoms with Crippen LogP contribution in [0.5, 0.6) is 51.7 Å². The smallest absolute Gasteiger partial charge is 0.342 e. The molecule has 2 unspecified atom stereocenters. The Morgan fingerprint density at radius 2 is 1.11 bits per heavy atom. The van der Waals surface area contributed by atoms with E-state index in [2.05, 4.69) is 0 Å². The van der Waals surface area contributed by atoms with Gasteiger partial charge in [0.1, 0.15) is 34.8 Å². The first kappa shape index (κ1) is 30.6. The van der Waals surface area contributed by atoms with E-state index in [9.17, 15) is 70.6 Å². The molecule has 1 saturated heterocycles. The molecule has 2 aliphatic rings. The number of carbonyl (C=O) groups excluding carboxylic acids is 3. The third kappa shape index (κ3) is 4.97. The number of aromatic hydroxyl groups is 9. The Labute approximate surface area is 248 Å². The maximum Gasteiger partial charge on any atom is 0.342 e. The van der Waals surface area contributed by atoms with Gasteiger partial charge in [-0.15, -0.1) is 0 Å². The molecule has 4 bridgehead atoms. The van der Waals surface area contributed by atoms with Crippen LogP contribution in [-0.2, 0) is 18.9 Å². The number of esters is 3.